The van der Waals surface area contributed by atoms with Gasteiger partial charge in [0.1, 0.15) is 5.82 Å². The summed E-state index contributed by atoms with van der Waals surface area (Å²) in [4.78, 5) is 0. The number of rotatable bonds is 7. The van der Waals surface area contributed by atoms with Gasteiger partial charge in [-0.1, -0.05) is 17.3 Å². The van der Waals surface area contributed by atoms with E-state index in [9.17, 15) is 4.39 Å². The van der Waals surface area contributed by atoms with Gasteiger partial charge in [0, 0.05) is 36.6 Å². The molecule has 6 nitrogen and oxygen atoms in total. The number of hydrogen-bond acceptors (Lipinski definition) is 4. The van der Waals surface area contributed by atoms with Gasteiger partial charge in [0.25, 0.3) is 0 Å². The van der Waals surface area contributed by atoms with Gasteiger partial charge in [0.05, 0.1) is 0 Å². The molecule has 0 amide bonds. The fraction of sp³-hybridized carbons (Fsp3) is 0.286. The molecule has 0 atom stereocenters. The predicted molar refractivity (Wildman–Crippen MR) is 77.5 cm³/mol. The minimum Gasteiger partial charge on any atom is -0.409 e. The van der Waals surface area contributed by atoms with Crippen LogP contribution < -0.4 is 11.1 Å². The first-order valence-corrected chi connectivity index (χ1v) is 6.65. The molecule has 0 aliphatic heterocycles. The fourth-order valence-electron chi connectivity index (χ4n) is 1.93. The summed E-state index contributed by atoms with van der Waals surface area (Å²) in [6.45, 7) is 2.02. The molecule has 2 rings (SSSR count). The standard InChI is InChI=1S/C14H18FN5O/c15-13-9-11(14(16)19-21)3-4-12(13)10-17-5-1-7-20-8-2-6-18-20/h2-4,6,8-9,17,21H,1,5,7,10H2,(H2,16,19). The van der Waals surface area contributed by atoms with E-state index < -0.39 is 0 Å². The molecule has 1 heterocycles. The highest BCUT2D eigenvalue weighted by atomic mass is 19.1. The van der Waals surface area contributed by atoms with Gasteiger partial charge in [-0.15, -0.1) is 0 Å². The number of halogens is 1. The van der Waals surface area contributed by atoms with Crippen LogP contribution in [0, 0.1) is 5.82 Å². The summed E-state index contributed by atoms with van der Waals surface area (Å²) >= 11 is 0. The molecule has 2 aromatic rings. The highest BCUT2D eigenvalue weighted by Crippen LogP contribution is 2.10. The normalized spacial score (nSPS) is 11.8. The molecule has 0 fully saturated rings. The summed E-state index contributed by atoms with van der Waals surface area (Å²) in [7, 11) is 0. The van der Waals surface area contributed by atoms with Gasteiger partial charge >= 0.3 is 0 Å². The molecular weight excluding hydrogens is 273 g/mol. The van der Waals surface area contributed by atoms with Crippen LogP contribution in [0.25, 0.3) is 0 Å². The Kier molecular flexibility index (Phi) is 5.28. The van der Waals surface area contributed by atoms with Crippen LogP contribution >= 0.6 is 0 Å². The molecule has 1 aromatic carbocycles. The Hall–Kier alpha value is -2.41. The summed E-state index contributed by atoms with van der Waals surface area (Å²) < 4.78 is 15.7. The third-order valence-corrected chi connectivity index (χ3v) is 3.07. The number of nitrogens with zero attached hydrogens (tertiary/aromatic N) is 3. The Morgan fingerprint density at radius 2 is 2.33 bits per heavy atom. The van der Waals surface area contributed by atoms with E-state index in [1.165, 1.54) is 6.07 Å². The Morgan fingerprint density at radius 3 is 3.00 bits per heavy atom. The largest absolute Gasteiger partial charge is 0.409 e. The Labute approximate surface area is 122 Å². The highest BCUT2D eigenvalue weighted by molar-refractivity contribution is 5.97. The van der Waals surface area contributed by atoms with Crippen molar-refractivity contribution in [1.82, 2.24) is 15.1 Å². The predicted octanol–water partition coefficient (Wildman–Crippen LogP) is 1.30. The Bertz CT molecular complexity index is 597. The van der Waals surface area contributed by atoms with Gasteiger partial charge < -0.3 is 16.3 Å². The zero-order valence-electron chi connectivity index (χ0n) is 11.5. The van der Waals surface area contributed by atoms with Crippen LogP contribution in [0.1, 0.15) is 17.5 Å². The number of benzene rings is 1. The van der Waals surface area contributed by atoms with Crippen molar-refractivity contribution in [3.63, 3.8) is 0 Å². The van der Waals surface area contributed by atoms with E-state index in [1.807, 2.05) is 16.9 Å². The number of aryl methyl sites for hydroxylation is 1. The first kappa shape index (κ1) is 15.0. The van der Waals surface area contributed by atoms with Crippen LogP contribution in [0.3, 0.4) is 0 Å². The number of nitrogens with one attached hydrogen (secondary N) is 1. The first-order valence-electron chi connectivity index (χ1n) is 6.65. The summed E-state index contributed by atoms with van der Waals surface area (Å²) in [6.07, 6.45) is 4.56. The van der Waals surface area contributed by atoms with Crippen LogP contribution in [0.4, 0.5) is 4.39 Å². The van der Waals surface area contributed by atoms with E-state index in [1.54, 1.807) is 18.3 Å². The molecule has 4 N–H and O–H groups in total. The van der Waals surface area contributed by atoms with E-state index in [4.69, 9.17) is 10.9 Å². The first-order chi connectivity index (χ1) is 10.2. The van der Waals surface area contributed by atoms with Crippen LogP contribution in [-0.2, 0) is 13.1 Å². The smallest absolute Gasteiger partial charge is 0.170 e. The minimum absolute atomic E-state index is 0.104. The quantitative estimate of drug-likeness (QED) is 0.236. The lowest BCUT2D eigenvalue weighted by Gasteiger charge is -2.07. The number of oxime groups is 1. The second kappa shape index (κ2) is 7.39. The minimum atomic E-state index is -0.376. The van der Waals surface area contributed by atoms with Gasteiger partial charge in [0.2, 0.25) is 0 Å². The monoisotopic (exact) mass is 291 g/mol. The maximum atomic E-state index is 13.8. The lowest BCUT2D eigenvalue weighted by molar-refractivity contribution is 0.318. The lowest BCUT2D eigenvalue weighted by Crippen LogP contribution is -2.18. The molecule has 0 aliphatic carbocycles. The zero-order valence-corrected chi connectivity index (χ0v) is 11.5. The average Bonchev–Trinajstić information content (AvgIpc) is 3.00. The van der Waals surface area contributed by atoms with Crippen molar-refractivity contribution < 1.29 is 9.60 Å². The van der Waals surface area contributed by atoms with Gasteiger partial charge in [-0.2, -0.15) is 5.10 Å². The molecular formula is C14H18FN5O. The molecule has 0 saturated heterocycles. The summed E-state index contributed by atoms with van der Waals surface area (Å²) in [5.74, 6) is -0.480. The van der Waals surface area contributed by atoms with Gasteiger partial charge in [-0.25, -0.2) is 4.39 Å². The van der Waals surface area contributed by atoms with Crippen molar-refractivity contribution in [2.75, 3.05) is 6.54 Å². The molecule has 0 saturated carbocycles. The molecule has 7 heteroatoms. The van der Waals surface area contributed by atoms with E-state index in [0.717, 1.165) is 19.5 Å². The third-order valence-electron chi connectivity index (χ3n) is 3.07. The van der Waals surface area contributed by atoms with Crippen molar-refractivity contribution >= 4 is 5.84 Å². The van der Waals surface area contributed by atoms with Crippen molar-refractivity contribution in [2.45, 2.75) is 19.5 Å². The second-order valence-corrected chi connectivity index (χ2v) is 4.59. The zero-order chi connectivity index (χ0) is 15.1. The average molecular weight is 291 g/mol. The summed E-state index contributed by atoms with van der Waals surface area (Å²) in [6, 6.07) is 6.39. The van der Waals surface area contributed by atoms with Crippen molar-refractivity contribution in [1.29, 1.82) is 0 Å². The topological polar surface area (TPSA) is 88.5 Å². The highest BCUT2D eigenvalue weighted by Gasteiger charge is 2.06. The number of aromatic nitrogens is 2. The molecule has 0 spiro atoms. The Morgan fingerprint density at radius 1 is 1.48 bits per heavy atom. The van der Waals surface area contributed by atoms with E-state index in [-0.39, 0.29) is 11.7 Å². The van der Waals surface area contributed by atoms with Gasteiger partial charge in [-0.3, -0.25) is 4.68 Å². The fourth-order valence-corrected chi connectivity index (χ4v) is 1.93. The molecule has 21 heavy (non-hydrogen) atoms. The summed E-state index contributed by atoms with van der Waals surface area (Å²) in [5, 5.41) is 18.7. The van der Waals surface area contributed by atoms with E-state index >= 15 is 0 Å². The van der Waals surface area contributed by atoms with Crippen molar-refractivity contribution in [3.8, 4) is 0 Å². The van der Waals surface area contributed by atoms with Gasteiger partial charge in [0.15, 0.2) is 5.84 Å². The summed E-state index contributed by atoms with van der Waals surface area (Å²) in [5.41, 5.74) is 6.31. The maximum Gasteiger partial charge on any atom is 0.170 e. The van der Waals surface area contributed by atoms with Crippen LogP contribution in [-0.4, -0.2) is 27.4 Å². The van der Waals surface area contributed by atoms with Crippen molar-refractivity contribution in [2.24, 2.45) is 10.9 Å². The molecule has 112 valence electrons. The maximum absolute atomic E-state index is 13.8. The Balaban J connectivity index is 1.78. The van der Waals surface area contributed by atoms with Crippen LogP contribution in [0.15, 0.2) is 41.8 Å². The third kappa shape index (κ3) is 4.28. The SMILES string of the molecule is N/C(=N/O)c1ccc(CNCCCn2cccn2)c(F)c1. The molecule has 0 radical (unpaired) electrons. The second-order valence-electron chi connectivity index (χ2n) is 4.59. The van der Waals surface area contributed by atoms with Gasteiger partial charge in [-0.05, 0) is 25.1 Å². The lowest BCUT2D eigenvalue weighted by atomic mass is 10.1. The van der Waals surface area contributed by atoms with Crippen LogP contribution in [0.5, 0.6) is 0 Å². The van der Waals surface area contributed by atoms with E-state index in [0.29, 0.717) is 17.7 Å². The number of amidine groups is 1. The molecule has 1 aromatic heterocycles. The molecule has 0 bridgehead atoms. The van der Waals surface area contributed by atoms with E-state index in [2.05, 4.69) is 15.6 Å². The number of hydrogen-bond donors (Lipinski definition) is 3. The number of nitrogens with two attached hydrogens (primary N) is 1. The van der Waals surface area contributed by atoms with Crippen molar-refractivity contribution in [3.05, 3.63) is 53.6 Å². The van der Waals surface area contributed by atoms with Crippen LogP contribution in [0.2, 0.25) is 0 Å². The molecule has 0 aliphatic rings. The molecule has 0 unspecified atom stereocenters.